The summed E-state index contributed by atoms with van der Waals surface area (Å²) in [5.74, 6) is -0.136. The molecular formula is C14H15ClNO4-. The Morgan fingerprint density at radius 2 is 2.05 bits per heavy atom. The highest BCUT2D eigenvalue weighted by Crippen LogP contribution is 2.27. The average Bonchev–Trinajstić information content (AvgIpc) is 2.37. The number of hydrogen-bond acceptors (Lipinski definition) is 5. The number of rotatable bonds is 3. The zero-order valence-electron chi connectivity index (χ0n) is 11.2. The van der Waals surface area contributed by atoms with Crippen LogP contribution < -0.4 is 28.5 Å². The summed E-state index contributed by atoms with van der Waals surface area (Å²) in [4.78, 5) is 22.6. The average molecular weight is 297 g/mol. The predicted octanol–water partition coefficient (Wildman–Crippen LogP) is -1.47. The SMILES string of the molecule is CCc1cc2c(C)cc(=O)oc2cc1OC(=O)CN.[Cl-]. The first-order chi connectivity index (χ1) is 9.05. The summed E-state index contributed by atoms with van der Waals surface area (Å²) < 4.78 is 10.3. The molecule has 2 N–H and O–H groups in total. The Bertz CT molecular complexity index is 693. The molecule has 0 radical (unpaired) electrons. The van der Waals surface area contributed by atoms with Crippen molar-refractivity contribution in [2.75, 3.05) is 6.54 Å². The molecule has 0 atom stereocenters. The lowest BCUT2D eigenvalue weighted by molar-refractivity contribution is -0.132. The van der Waals surface area contributed by atoms with Gasteiger partial charge in [0.15, 0.2) is 0 Å². The van der Waals surface area contributed by atoms with Crippen molar-refractivity contribution >= 4 is 16.9 Å². The molecule has 0 aliphatic carbocycles. The molecule has 0 fully saturated rings. The standard InChI is InChI=1S/C14H15NO4.ClH/c1-3-9-5-10-8(2)4-13(16)19-12(10)6-11(9)18-14(17)7-15;/h4-6H,3,7,15H2,1-2H3;1H/p-1. The molecule has 1 aromatic heterocycles. The molecule has 0 saturated heterocycles. The zero-order valence-corrected chi connectivity index (χ0v) is 12.0. The summed E-state index contributed by atoms with van der Waals surface area (Å²) in [7, 11) is 0. The Morgan fingerprint density at radius 1 is 1.35 bits per heavy atom. The molecule has 0 unspecified atom stereocenters. The van der Waals surface area contributed by atoms with Gasteiger partial charge in [-0.3, -0.25) is 4.79 Å². The van der Waals surface area contributed by atoms with Crippen LogP contribution >= 0.6 is 0 Å². The van der Waals surface area contributed by atoms with Crippen molar-refractivity contribution < 1.29 is 26.4 Å². The highest BCUT2D eigenvalue weighted by Gasteiger charge is 2.11. The second kappa shape index (κ2) is 6.54. The number of fused-ring (bicyclic) bond motifs is 1. The topological polar surface area (TPSA) is 82.5 Å². The van der Waals surface area contributed by atoms with Crippen LogP contribution in [0.15, 0.2) is 27.4 Å². The number of carbonyl (C=O) groups is 1. The molecule has 5 nitrogen and oxygen atoms in total. The fourth-order valence-electron chi connectivity index (χ4n) is 1.93. The lowest BCUT2D eigenvalue weighted by Crippen LogP contribution is -3.00. The normalized spacial score (nSPS) is 10.2. The van der Waals surface area contributed by atoms with E-state index in [0.29, 0.717) is 17.8 Å². The first-order valence-corrected chi connectivity index (χ1v) is 6.03. The lowest BCUT2D eigenvalue weighted by atomic mass is 10.1. The fourth-order valence-corrected chi connectivity index (χ4v) is 1.93. The third kappa shape index (κ3) is 3.18. The number of ether oxygens (including phenoxy) is 1. The van der Waals surface area contributed by atoms with E-state index in [1.54, 1.807) is 6.07 Å². The summed E-state index contributed by atoms with van der Waals surface area (Å²) in [5.41, 5.74) is 6.90. The number of halogens is 1. The van der Waals surface area contributed by atoms with Gasteiger partial charge < -0.3 is 27.3 Å². The van der Waals surface area contributed by atoms with Crippen molar-refractivity contribution in [3.8, 4) is 5.75 Å². The summed E-state index contributed by atoms with van der Waals surface area (Å²) in [6.07, 6.45) is 0.696. The van der Waals surface area contributed by atoms with E-state index in [4.69, 9.17) is 14.9 Å². The Kier molecular flexibility index (Phi) is 5.30. The third-order valence-corrected chi connectivity index (χ3v) is 2.90. The minimum Gasteiger partial charge on any atom is -1.00 e. The van der Waals surface area contributed by atoms with Crippen molar-refractivity contribution in [2.24, 2.45) is 5.73 Å². The van der Waals surface area contributed by atoms with Crippen molar-refractivity contribution in [3.63, 3.8) is 0 Å². The van der Waals surface area contributed by atoms with Crippen LogP contribution in [0.1, 0.15) is 18.1 Å². The number of carbonyl (C=O) groups excluding carboxylic acids is 1. The van der Waals surface area contributed by atoms with Crippen LogP contribution in [-0.2, 0) is 11.2 Å². The van der Waals surface area contributed by atoms with Gasteiger partial charge in [-0.1, -0.05) is 6.92 Å². The number of nitrogens with two attached hydrogens (primary N) is 1. The maximum Gasteiger partial charge on any atom is 0.336 e. The second-order valence-electron chi connectivity index (χ2n) is 4.24. The van der Waals surface area contributed by atoms with Crippen molar-refractivity contribution in [3.05, 3.63) is 39.7 Å². The van der Waals surface area contributed by atoms with Crippen molar-refractivity contribution in [1.29, 1.82) is 0 Å². The summed E-state index contributed by atoms with van der Waals surface area (Å²) in [6, 6.07) is 4.87. The Balaban J connectivity index is 0.00000200. The molecule has 6 heteroatoms. The molecule has 0 bridgehead atoms. The molecule has 20 heavy (non-hydrogen) atoms. The van der Waals surface area contributed by atoms with E-state index in [-0.39, 0.29) is 19.0 Å². The Hall–Kier alpha value is -1.85. The van der Waals surface area contributed by atoms with Gasteiger partial charge in [-0.05, 0) is 30.5 Å². The molecule has 0 saturated carbocycles. The fraction of sp³-hybridized carbons (Fsp3) is 0.286. The van der Waals surface area contributed by atoms with E-state index in [9.17, 15) is 9.59 Å². The van der Waals surface area contributed by atoms with E-state index in [0.717, 1.165) is 16.5 Å². The quantitative estimate of drug-likeness (QED) is 0.425. The van der Waals surface area contributed by atoms with Gasteiger partial charge in [0.1, 0.15) is 11.3 Å². The van der Waals surface area contributed by atoms with Gasteiger partial charge >= 0.3 is 11.6 Å². The van der Waals surface area contributed by atoms with Gasteiger partial charge in [0.05, 0.1) is 6.54 Å². The van der Waals surface area contributed by atoms with Crippen molar-refractivity contribution in [2.45, 2.75) is 20.3 Å². The minimum absolute atomic E-state index is 0. The number of esters is 1. The van der Waals surface area contributed by atoms with E-state index in [2.05, 4.69) is 0 Å². The van der Waals surface area contributed by atoms with E-state index in [1.807, 2.05) is 19.9 Å². The molecule has 108 valence electrons. The molecule has 1 heterocycles. The molecule has 2 aromatic rings. The first-order valence-electron chi connectivity index (χ1n) is 6.03. The molecule has 2 rings (SSSR count). The van der Waals surface area contributed by atoms with Crippen LogP contribution in [0.3, 0.4) is 0 Å². The number of hydrogen-bond donors (Lipinski definition) is 1. The largest absolute Gasteiger partial charge is 1.00 e. The molecule has 0 aliphatic rings. The number of aryl methyl sites for hydroxylation is 2. The minimum atomic E-state index is -0.524. The van der Waals surface area contributed by atoms with Gasteiger partial charge in [-0.25, -0.2) is 4.79 Å². The Labute approximate surface area is 122 Å². The molecule has 1 aromatic carbocycles. The molecule has 0 spiro atoms. The van der Waals surface area contributed by atoms with Gasteiger partial charge in [0, 0.05) is 17.5 Å². The van der Waals surface area contributed by atoms with Crippen LogP contribution in [0.4, 0.5) is 0 Å². The highest BCUT2D eigenvalue weighted by molar-refractivity contribution is 5.84. The molecular weight excluding hydrogens is 282 g/mol. The van der Waals surface area contributed by atoms with Crippen LogP contribution in [0.2, 0.25) is 0 Å². The van der Waals surface area contributed by atoms with Crippen LogP contribution in [0.25, 0.3) is 11.0 Å². The number of benzene rings is 1. The van der Waals surface area contributed by atoms with Gasteiger partial charge in [0.2, 0.25) is 0 Å². The summed E-state index contributed by atoms with van der Waals surface area (Å²) >= 11 is 0. The zero-order chi connectivity index (χ0) is 14.0. The monoisotopic (exact) mass is 296 g/mol. The maximum atomic E-state index is 11.4. The van der Waals surface area contributed by atoms with E-state index < -0.39 is 11.6 Å². The Morgan fingerprint density at radius 3 is 2.65 bits per heavy atom. The summed E-state index contributed by atoms with van der Waals surface area (Å²) in [6.45, 7) is 3.60. The third-order valence-electron chi connectivity index (χ3n) is 2.90. The molecule has 0 amide bonds. The summed E-state index contributed by atoms with van der Waals surface area (Å²) in [5, 5.41) is 0.837. The van der Waals surface area contributed by atoms with Crippen molar-refractivity contribution in [1.82, 2.24) is 0 Å². The first kappa shape index (κ1) is 16.2. The molecule has 0 aliphatic heterocycles. The van der Waals surface area contributed by atoms with Gasteiger partial charge in [-0.2, -0.15) is 0 Å². The van der Waals surface area contributed by atoms with E-state index >= 15 is 0 Å². The second-order valence-corrected chi connectivity index (χ2v) is 4.24. The van der Waals surface area contributed by atoms with Gasteiger partial charge in [0.25, 0.3) is 0 Å². The lowest BCUT2D eigenvalue weighted by Gasteiger charge is -2.10. The van der Waals surface area contributed by atoms with Crippen LogP contribution in [-0.4, -0.2) is 12.5 Å². The smallest absolute Gasteiger partial charge is 0.336 e. The maximum absolute atomic E-state index is 11.4. The van der Waals surface area contributed by atoms with E-state index in [1.165, 1.54) is 6.07 Å². The van der Waals surface area contributed by atoms with Gasteiger partial charge in [-0.15, -0.1) is 0 Å². The van der Waals surface area contributed by atoms with Crippen LogP contribution in [0.5, 0.6) is 5.75 Å². The predicted molar refractivity (Wildman–Crippen MR) is 71.3 cm³/mol. The van der Waals surface area contributed by atoms with Crippen LogP contribution in [0, 0.1) is 6.92 Å². The highest BCUT2D eigenvalue weighted by atomic mass is 35.5.